The van der Waals surface area contributed by atoms with Crippen molar-refractivity contribution in [3.05, 3.63) is 70.3 Å². The molecule has 0 saturated carbocycles. The summed E-state index contributed by atoms with van der Waals surface area (Å²) in [6, 6.07) is 14.7. The number of halogens is 1. The van der Waals surface area contributed by atoms with Crippen LogP contribution in [0.5, 0.6) is 0 Å². The molecule has 5 nitrogen and oxygen atoms in total. The van der Waals surface area contributed by atoms with E-state index in [0.717, 1.165) is 15.8 Å². The standard InChI is InChI=1S/C17H13BrN2O3/c1-11-2-8-16(22-11)17(21)20-19-10-14-7-9-15(23-14)12-3-5-13(18)6-4-12/h2-10H,1H3,(H,20,21)/b19-10-. The molecule has 0 bridgehead atoms. The van der Waals surface area contributed by atoms with Crippen molar-refractivity contribution in [3.8, 4) is 11.3 Å². The molecule has 0 saturated heterocycles. The van der Waals surface area contributed by atoms with E-state index in [1.54, 1.807) is 25.1 Å². The predicted molar refractivity (Wildman–Crippen MR) is 90.3 cm³/mol. The molecule has 0 atom stereocenters. The number of hydrogen-bond donors (Lipinski definition) is 1. The topological polar surface area (TPSA) is 67.7 Å². The highest BCUT2D eigenvalue weighted by Gasteiger charge is 2.08. The van der Waals surface area contributed by atoms with E-state index in [1.165, 1.54) is 6.21 Å². The van der Waals surface area contributed by atoms with Crippen molar-refractivity contribution in [2.75, 3.05) is 0 Å². The summed E-state index contributed by atoms with van der Waals surface area (Å²) in [6.45, 7) is 1.77. The van der Waals surface area contributed by atoms with Crippen LogP contribution < -0.4 is 5.43 Å². The summed E-state index contributed by atoms with van der Waals surface area (Å²) in [5.74, 6) is 1.75. The van der Waals surface area contributed by atoms with Crippen molar-refractivity contribution in [2.45, 2.75) is 6.92 Å². The van der Waals surface area contributed by atoms with Crippen molar-refractivity contribution in [2.24, 2.45) is 5.10 Å². The molecule has 116 valence electrons. The minimum Gasteiger partial charge on any atom is -0.456 e. The average Bonchev–Trinajstić information content (AvgIpc) is 3.17. The number of benzene rings is 1. The Kier molecular flexibility index (Phi) is 4.43. The van der Waals surface area contributed by atoms with Crippen LogP contribution in [-0.2, 0) is 0 Å². The van der Waals surface area contributed by atoms with E-state index in [2.05, 4.69) is 26.5 Å². The summed E-state index contributed by atoms with van der Waals surface area (Å²) in [6.07, 6.45) is 1.44. The largest absolute Gasteiger partial charge is 0.456 e. The number of amides is 1. The molecule has 0 aliphatic rings. The van der Waals surface area contributed by atoms with E-state index in [4.69, 9.17) is 8.83 Å². The molecule has 0 fully saturated rings. The number of nitrogens with one attached hydrogen (secondary N) is 1. The van der Waals surface area contributed by atoms with Crippen LogP contribution in [0.15, 0.2) is 66.9 Å². The lowest BCUT2D eigenvalue weighted by Crippen LogP contribution is -2.16. The number of rotatable bonds is 4. The zero-order valence-electron chi connectivity index (χ0n) is 12.2. The molecule has 0 aliphatic heterocycles. The van der Waals surface area contributed by atoms with Gasteiger partial charge < -0.3 is 8.83 Å². The van der Waals surface area contributed by atoms with Gasteiger partial charge in [-0.1, -0.05) is 28.1 Å². The van der Waals surface area contributed by atoms with E-state index < -0.39 is 5.91 Å². The number of carbonyl (C=O) groups is 1. The van der Waals surface area contributed by atoms with Gasteiger partial charge in [0, 0.05) is 10.0 Å². The molecule has 0 aliphatic carbocycles. The first-order chi connectivity index (χ1) is 11.1. The lowest BCUT2D eigenvalue weighted by molar-refractivity contribution is 0.0926. The Bertz CT molecular complexity index is 847. The van der Waals surface area contributed by atoms with Gasteiger partial charge in [0.1, 0.15) is 17.3 Å². The van der Waals surface area contributed by atoms with Crippen molar-refractivity contribution < 1.29 is 13.6 Å². The summed E-state index contributed by atoms with van der Waals surface area (Å²) in [4.78, 5) is 11.8. The van der Waals surface area contributed by atoms with Crippen LogP contribution in [0.4, 0.5) is 0 Å². The van der Waals surface area contributed by atoms with Crippen LogP contribution in [0.2, 0.25) is 0 Å². The zero-order chi connectivity index (χ0) is 16.2. The minimum absolute atomic E-state index is 0.217. The molecular weight excluding hydrogens is 360 g/mol. The van der Waals surface area contributed by atoms with Crippen molar-refractivity contribution in [1.82, 2.24) is 5.43 Å². The van der Waals surface area contributed by atoms with Crippen LogP contribution in [-0.4, -0.2) is 12.1 Å². The average molecular weight is 373 g/mol. The fourth-order valence-corrected chi connectivity index (χ4v) is 2.22. The van der Waals surface area contributed by atoms with E-state index >= 15 is 0 Å². The highest BCUT2D eigenvalue weighted by Crippen LogP contribution is 2.23. The Morgan fingerprint density at radius 2 is 1.87 bits per heavy atom. The molecule has 6 heteroatoms. The predicted octanol–water partition coefficient (Wildman–Crippen LogP) is 4.37. The van der Waals surface area contributed by atoms with E-state index in [-0.39, 0.29) is 5.76 Å². The molecule has 1 N–H and O–H groups in total. The van der Waals surface area contributed by atoms with Crippen molar-refractivity contribution >= 4 is 28.1 Å². The summed E-state index contributed by atoms with van der Waals surface area (Å²) < 4.78 is 11.9. The highest BCUT2D eigenvalue weighted by molar-refractivity contribution is 9.10. The van der Waals surface area contributed by atoms with Gasteiger partial charge in [0.05, 0.1) is 6.21 Å². The van der Waals surface area contributed by atoms with E-state index in [9.17, 15) is 4.79 Å². The third-order valence-electron chi connectivity index (χ3n) is 3.08. The lowest BCUT2D eigenvalue weighted by atomic mass is 10.2. The Hall–Kier alpha value is -2.60. The van der Waals surface area contributed by atoms with Gasteiger partial charge >= 0.3 is 5.91 Å². The molecule has 3 aromatic rings. The van der Waals surface area contributed by atoms with Crippen LogP contribution in [0.3, 0.4) is 0 Å². The monoisotopic (exact) mass is 372 g/mol. The molecule has 0 radical (unpaired) electrons. The molecule has 0 spiro atoms. The maximum atomic E-state index is 11.8. The molecule has 2 heterocycles. The van der Waals surface area contributed by atoms with Gasteiger partial charge in [0.25, 0.3) is 0 Å². The van der Waals surface area contributed by atoms with Crippen molar-refractivity contribution in [1.29, 1.82) is 0 Å². The first-order valence-electron chi connectivity index (χ1n) is 6.87. The Balaban J connectivity index is 1.64. The SMILES string of the molecule is Cc1ccc(C(=O)N/N=C\c2ccc(-c3ccc(Br)cc3)o2)o1. The van der Waals surface area contributed by atoms with E-state index in [1.807, 2.05) is 30.3 Å². The number of furan rings is 2. The second-order valence-corrected chi connectivity index (χ2v) is 5.73. The molecule has 1 aromatic carbocycles. The fourth-order valence-electron chi connectivity index (χ4n) is 1.96. The molecule has 3 rings (SSSR count). The van der Waals surface area contributed by atoms with Crippen LogP contribution in [0, 0.1) is 6.92 Å². The molecular formula is C17H13BrN2O3. The number of carbonyl (C=O) groups excluding carboxylic acids is 1. The molecule has 2 aromatic heterocycles. The summed E-state index contributed by atoms with van der Waals surface area (Å²) >= 11 is 3.39. The van der Waals surface area contributed by atoms with Crippen LogP contribution in [0.25, 0.3) is 11.3 Å². The first kappa shape index (κ1) is 15.3. The third kappa shape index (κ3) is 3.78. The normalized spacial score (nSPS) is 11.0. The second kappa shape index (κ2) is 6.66. The summed E-state index contributed by atoms with van der Waals surface area (Å²) in [5.41, 5.74) is 3.35. The maximum Gasteiger partial charge on any atom is 0.307 e. The minimum atomic E-state index is -0.408. The third-order valence-corrected chi connectivity index (χ3v) is 3.61. The number of nitrogens with zero attached hydrogens (tertiary/aromatic N) is 1. The fraction of sp³-hybridized carbons (Fsp3) is 0.0588. The molecule has 23 heavy (non-hydrogen) atoms. The van der Waals surface area contributed by atoms with Gasteiger partial charge in [-0.2, -0.15) is 5.10 Å². The number of hydrazone groups is 1. The molecule has 1 amide bonds. The van der Waals surface area contributed by atoms with Gasteiger partial charge in [-0.15, -0.1) is 0 Å². The maximum absolute atomic E-state index is 11.8. The van der Waals surface area contributed by atoms with Gasteiger partial charge in [-0.25, -0.2) is 5.43 Å². The first-order valence-corrected chi connectivity index (χ1v) is 7.67. The van der Waals surface area contributed by atoms with Gasteiger partial charge in [0.15, 0.2) is 5.76 Å². The summed E-state index contributed by atoms with van der Waals surface area (Å²) in [5, 5.41) is 3.86. The van der Waals surface area contributed by atoms with Gasteiger partial charge in [0.2, 0.25) is 0 Å². The van der Waals surface area contributed by atoms with Crippen molar-refractivity contribution in [3.63, 3.8) is 0 Å². The Morgan fingerprint density at radius 1 is 1.09 bits per heavy atom. The van der Waals surface area contributed by atoms with Gasteiger partial charge in [-0.3, -0.25) is 4.79 Å². The van der Waals surface area contributed by atoms with Crippen LogP contribution in [0.1, 0.15) is 22.1 Å². The zero-order valence-corrected chi connectivity index (χ0v) is 13.8. The second-order valence-electron chi connectivity index (χ2n) is 4.82. The Morgan fingerprint density at radius 3 is 2.57 bits per heavy atom. The van der Waals surface area contributed by atoms with E-state index in [0.29, 0.717) is 11.5 Å². The number of aryl methyl sites for hydroxylation is 1. The number of hydrogen-bond acceptors (Lipinski definition) is 4. The quantitative estimate of drug-likeness (QED) is 0.545. The lowest BCUT2D eigenvalue weighted by Gasteiger charge is -1.96. The molecule has 0 unspecified atom stereocenters. The summed E-state index contributed by atoms with van der Waals surface area (Å²) in [7, 11) is 0. The van der Waals surface area contributed by atoms with Crippen LogP contribution >= 0.6 is 15.9 Å². The Labute approximate surface area is 141 Å². The smallest absolute Gasteiger partial charge is 0.307 e. The van der Waals surface area contributed by atoms with Gasteiger partial charge in [-0.05, 0) is 43.3 Å². The highest BCUT2D eigenvalue weighted by atomic mass is 79.9.